The van der Waals surface area contributed by atoms with E-state index in [0.717, 1.165) is 73.4 Å². The lowest BCUT2D eigenvalue weighted by Gasteiger charge is -2.26. The highest BCUT2D eigenvalue weighted by Gasteiger charge is 2.14. The summed E-state index contributed by atoms with van der Waals surface area (Å²) < 4.78 is 5.39. The van der Waals surface area contributed by atoms with Crippen molar-refractivity contribution in [1.29, 1.82) is 0 Å². The van der Waals surface area contributed by atoms with Crippen molar-refractivity contribution >= 4 is 22.8 Å². The van der Waals surface area contributed by atoms with Crippen LogP contribution in [-0.4, -0.2) is 71.2 Å². The molecule has 4 rings (SSSR count). The minimum Gasteiger partial charge on any atom is -0.379 e. The second-order valence-electron chi connectivity index (χ2n) is 8.52. The van der Waals surface area contributed by atoms with Crippen molar-refractivity contribution in [1.82, 2.24) is 25.2 Å². The van der Waals surface area contributed by atoms with Gasteiger partial charge in [-0.15, -0.1) is 0 Å². The van der Waals surface area contributed by atoms with E-state index in [-0.39, 0.29) is 11.9 Å². The summed E-state index contributed by atoms with van der Waals surface area (Å²) in [5.74, 6) is 0.482. The molecule has 0 saturated carbocycles. The van der Waals surface area contributed by atoms with E-state index in [2.05, 4.69) is 36.6 Å². The molecule has 33 heavy (non-hydrogen) atoms. The predicted molar refractivity (Wildman–Crippen MR) is 130 cm³/mol. The van der Waals surface area contributed by atoms with Gasteiger partial charge in [0, 0.05) is 50.0 Å². The first kappa shape index (κ1) is 23.1. The fraction of sp³-hybridized carbons (Fsp3) is 0.440. The zero-order valence-corrected chi connectivity index (χ0v) is 19.6. The molecule has 174 valence electrons. The van der Waals surface area contributed by atoms with Crippen LogP contribution in [0.2, 0.25) is 0 Å². The topological polar surface area (TPSA) is 92.3 Å². The van der Waals surface area contributed by atoms with Gasteiger partial charge >= 0.3 is 0 Å². The summed E-state index contributed by atoms with van der Waals surface area (Å²) in [6.45, 7) is 11.3. The number of carbonyl (C=O) groups excluding carboxylic acids is 1. The van der Waals surface area contributed by atoms with Gasteiger partial charge < -0.3 is 15.4 Å². The molecular formula is C25H32N6O2. The number of morpholine rings is 1. The molecule has 1 unspecified atom stereocenters. The molecule has 0 radical (unpaired) electrons. The summed E-state index contributed by atoms with van der Waals surface area (Å²) in [4.78, 5) is 28.4. The number of nitrogens with one attached hydrogen (secondary N) is 2. The summed E-state index contributed by atoms with van der Waals surface area (Å²) in [6.07, 6.45) is 4.47. The summed E-state index contributed by atoms with van der Waals surface area (Å²) >= 11 is 0. The highest BCUT2D eigenvalue weighted by atomic mass is 16.5. The number of carbonyl (C=O) groups is 1. The van der Waals surface area contributed by atoms with Crippen LogP contribution in [0.3, 0.4) is 0 Å². The van der Waals surface area contributed by atoms with Gasteiger partial charge in [0.2, 0.25) is 5.95 Å². The number of pyridine rings is 1. The third kappa shape index (κ3) is 5.83. The van der Waals surface area contributed by atoms with E-state index in [1.807, 2.05) is 45.2 Å². The molecule has 0 aliphatic carbocycles. The van der Waals surface area contributed by atoms with Gasteiger partial charge in [0.05, 0.1) is 18.7 Å². The molecule has 1 fully saturated rings. The molecular weight excluding hydrogens is 416 g/mol. The lowest BCUT2D eigenvalue weighted by Crippen LogP contribution is -2.39. The Morgan fingerprint density at radius 2 is 2.00 bits per heavy atom. The van der Waals surface area contributed by atoms with E-state index in [1.54, 1.807) is 6.20 Å². The van der Waals surface area contributed by atoms with Gasteiger partial charge in [-0.1, -0.05) is 13.0 Å². The maximum absolute atomic E-state index is 12.5. The first-order valence-corrected chi connectivity index (χ1v) is 11.6. The third-order valence-corrected chi connectivity index (χ3v) is 6.03. The number of amides is 1. The molecule has 1 aliphatic heterocycles. The van der Waals surface area contributed by atoms with Crippen LogP contribution in [0.25, 0.3) is 22.0 Å². The van der Waals surface area contributed by atoms with Crippen LogP contribution >= 0.6 is 0 Å². The number of hydrogen-bond donors (Lipinski definition) is 2. The Kier molecular flexibility index (Phi) is 7.47. The second-order valence-corrected chi connectivity index (χ2v) is 8.52. The van der Waals surface area contributed by atoms with Crippen LogP contribution in [0.5, 0.6) is 0 Å². The molecule has 0 bridgehead atoms. The van der Waals surface area contributed by atoms with Crippen LogP contribution in [0.1, 0.15) is 36.3 Å². The van der Waals surface area contributed by atoms with E-state index in [9.17, 15) is 4.79 Å². The molecule has 0 spiro atoms. The fourth-order valence-electron chi connectivity index (χ4n) is 3.80. The van der Waals surface area contributed by atoms with Crippen LogP contribution in [0, 0.1) is 6.92 Å². The maximum atomic E-state index is 12.5. The Balaban J connectivity index is 1.48. The fourth-order valence-corrected chi connectivity index (χ4v) is 3.80. The molecule has 8 nitrogen and oxygen atoms in total. The number of hydrogen-bond acceptors (Lipinski definition) is 7. The first-order chi connectivity index (χ1) is 16.0. The van der Waals surface area contributed by atoms with Gasteiger partial charge in [0.15, 0.2) is 0 Å². The van der Waals surface area contributed by atoms with E-state index >= 15 is 0 Å². The molecule has 1 saturated heterocycles. The second kappa shape index (κ2) is 10.7. The molecule has 1 aliphatic rings. The highest BCUT2D eigenvalue weighted by molar-refractivity contribution is 5.94. The number of aromatic nitrogens is 3. The molecule has 3 heterocycles. The van der Waals surface area contributed by atoms with E-state index in [1.165, 1.54) is 0 Å². The van der Waals surface area contributed by atoms with E-state index in [0.29, 0.717) is 11.6 Å². The number of nitrogens with zero attached hydrogens (tertiary/aromatic N) is 4. The predicted octanol–water partition coefficient (Wildman–Crippen LogP) is 3.27. The highest BCUT2D eigenvalue weighted by Crippen LogP contribution is 2.27. The SMILES string of the molecule is CCC(C)NC(=O)c1cc(-c2ccc3nc(NCCN4CCOCC4)ncc3c2)c(C)cn1. The minimum atomic E-state index is -0.150. The third-order valence-electron chi connectivity index (χ3n) is 6.03. The van der Waals surface area contributed by atoms with Crippen molar-refractivity contribution in [3.63, 3.8) is 0 Å². The van der Waals surface area contributed by atoms with Crippen molar-refractivity contribution in [2.75, 3.05) is 44.7 Å². The average Bonchev–Trinajstić information content (AvgIpc) is 2.84. The lowest BCUT2D eigenvalue weighted by atomic mass is 10.00. The summed E-state index contributed by atoms with van der Waals surface area (Å²) in [5.41, 5.74) is 4.30. The molecule has 1 amide bonds. The van der Waals surface area contributed by atoms with Crippen molar-refractivity contribution in [3.05, 3.63) is 47.9 Å². The molecule has 3 aromatic rings. The molecule has 1 atom stereocenters. The number of rotatable bonds is 8. The molecule has 2 N–H and O–H groups in total. The van der Waals surface area contributed by atoms with Crippen LogP contribution in [0.15, 0.2) is 36.7 Å². The quantitative estimate of drug-likeness (QED) is 0.546. The van der Waals surface area contributed by atoms with Gasteiger partial charge in [-0.25, -0.2) is 9.97 Å². The number of benzene rings is 1. The van der Waals surface area contributed by atoms with Gasteiger partial charge in [-0.2, -0.15) is 0 Å². The Morgan fingerprint density at radius 1 is 1.18 bits per heavy atom. The largest absolute Gasteiger partial charge is 0.379 e. The van der Waals surface area contributed by atoms with Gasteiger partial charge in [0.25, 0.3) is 5.91 Å². The summed E-state index contributed by atoms with van der Waals surface area (Å²) in [5, 5.41) is 7.25. The number of ether oxygens (including phenoxy) is 1. The van der Waals surface area contributed by atoms with Crippen LogP contribution in [-0.2, 0) is 4.74 Å². The molecule has 8 heteroatoms. The maximum Gasteiger partial charge on any atom is 0.270 e. The van der Waals surface area contributed by atoms with Crippen molar-refractivity contribution in [3.8, 4) is 11.1 Å². The lowest BCUT2D eigenvalue weighted by molar-refractivity contribution is 0.0398. The standard InChI is InChI=1S/C25H32N6O2/c1-4-18(3)29-24(32)23-14-21(17(2)15-27-23)19-5-6-22-20(13-19)16-28-25(30-22)26-7-8-31-9-11-33-12-10-31/h5-6,13-16,18H,4,7-12H2,1-3H3,(H,29,32)(H,26,28,30). The number of anilines is 1. The van der Waals surface area contributed by atoms with Gasteiger partial charge in [-0.3, -0.25) is 14.7 Å². The normalized spacial score (nSPS) is 15.4. The van der Waals surface area contributed by atoms with Gasteiger partial charge in [0.1, 0.15) is 5.69 Å². The smallest absolute Gasteiger partial charge is 0.270 e. The summed E-state index contributed by atoms with van der Waals surface area (Å²) in [7, 11) is 0. The Hall–Kier alpha value is -3.10. The van der Waals surface area contributed by atoms with Crippen LogP contribution in [0.4, 0.5) is 5.95 Å². The zero-order chi connectivity index (χ0) is 23.2. The minimum absolute atomic E-state index is 0.110. The van der Waals surface area contributed by atoms with E-state index < -0.39 is 0 Å². The first-order valence-electron chi connectivity index (χ1n) is 11.6. The monoisotopic (exact) mass is 448 g/mol. The molecule has 1 aromatic carbocycles. The van der Waals surface area contributed by atoms with Crippen molar-refractivity contribution < 1.29 is 9.53 Å². The average molecular weight is 449 g/mol. The summed E-state index contributed by atoms with van der Waals surface area (Å²) in [6, 6.07) is 8.06. The number of fused-ring (bicyclic) bond motifs is 1. The van der Waals surface area contributed by atoms with Crippen molar-refractivity contribution in [2.24, 2.45) is 0 Å². The van der Waals surface area contributed by atoms with E-state index in [4.69, 9.17) is 4.74 Å². The van der Waals surface area contributed by atoms with Crippen LogP contribution < -0.4 is 10.6 Å². The van der Waals surface area contributed by atoms with Crippen molar-refractivity contribution in [2.45, 2.75) is 33.2 Å². The zero-order valence-electron chi connectivity index (χ0n) is 19.6. The molecule has 2 aromatic heterocycles. The van der Waals surface area contributed by atoms with Gasteiger partial charge in [-0.05, 0) is 55.2 Å². The Bertz CT molecular complexity index is 1110. The Labute approximate surface area is 194 Å². The Morgan fingerprint density at radius 3 is 2.79 bits per heavy atom. The number of aryl methyl sites for hydroxylation is 1.